The van der Waals surface area contributed by atoms with Crippen molar-refractivity contribution in [2.75, 3.05) is 0 Å². The Kier molecular flexibility index (Phi) is 4.55. The van der Waals surface area contributed by atoms with Crippen molar-refractivity contribution in [3.05, 3.63) is 69.4 Å². The Labute approximate surface area is 126 Å². The first-order valence-electron chi connectivity index (χ1n) is 6.42. The van der Waals surface area contributed by atoms with Gasteiger partial charge in [-0.15, -0.1) is 0 Å². The molecule has 0 aliphatic heterocycles. The van der Waals surface area contributed by atoms with E-state index in [9.17, 15) is 14.4 Å². The Morgan fingerprint density at radius 2 is 2.19 bits per heavy atom. The zero-order chi connectivity index (χ0) is 15.6. The van der Waals surface area contributed by atoms with Crippen LogP contribution in [0.25, 0.3) is 0 Å². The molecule has 0 aliphatic carbocycles. The molecule has 2 N–H and O–H groups in total. The van der Waals surface area contributed by atoms with E-state index in [0.29, 0.717) is 11.2 Å². The molecule has 0 radical (unpaired) electrons. The summed E-state index contributed by atoms with van der Waals surface area (Å²) in [4.78, 5) is 12.4. The van der Waals surface area contributed by atoms with Gasteiger partial charge in [-0.3, -0.25) is 4.79 Å². The Morgan fingerprint density at radius 1 is 1.48 bits per heavy atom. The second-order valence-corrected chi connectivity index (χ2v) is 5.03. The minimum absolute atomic E-state index is 0.00847. The van der Waals surface area contributed by atoms with Crippen molar-refractivity contribution in [3.63, 3.8) is 0 Å². The number of ketones is 1. The third kappa shape index (κ3) is 3.04. The van der Waals surface area contributed by atoms with Crippen LogP contribution < -0.4 is 10.5 Å². The molecule has 0 fully saturated rings. The SMILES string of the molecule is CC[C@@H](N)c1ccc(Cl)c(C(=O)c2ccc[n+]([O-])c2)c1F. The van der Waals surface area contributed by atoms with Crippen LogP contribution in [0.3, 0.4) is 0 Å². The molecule has 0 saturated carbocycles. The molecule has 1 aromatic carbocycles. The first-order chi connectivity index (χ1) is 9.95. The van der Waals surface area contributed by atoms with E-state index < -0.39 is 17.6 Å². The summed E-state index contributed by atoms with van der Waals surface area (Å²) in [6.07, 6.45) is 2.83. The van der Waals surface area contributed by atoms with Crippen molar-refractivity contribution in [1.82, 2.24) is 0 Å². The number of benzene rings is 1. The monoisotopic (exact) mass is 308 g/mol. The zero-order valence-electron chi connectivity index (χ0n) is 11.3. The fourth-order valence-corrected chi connectivity index (χ4v) is 2.25. The standard InChI is InChI=1S/C15H14ClFN2O2/c1-2-12(18)10-5-6-11(16)13(14(10)17)15(20)9-4-3-7-19(21)8-9/h3-8,12H,2,18H2,1H3/t12-/m1/s1. The summed E-state index contributed by atoms with van der Waals surface area (Å²) in [5, 5.41) is 11.2. The topological polar surface area (TPSA) is 70.0 Å². The molecule has 1 aromatic heterocycles. The predicted molar refractivity (Wildman–Crippen MR) is 77.5 cm³/mol. The second kappa shape index (κ2) is 6.20. The van der Waals surface area contributed by atoms with Crippen LogP contribution in [-0.4, -0.2) is 5.78 Å². The van der Waals surface area contributed by atoms with E-state index in [1.807, 2.05) is 6.92 Å². The Balaban J connectivity index is 2.55. The molecule has 6 heteroatoms. The molecule has 0 bridgehead atoms. The normalized spacial score (nSPS) is 12.2. The molecular weight excluding hydrogens is 295 g/mol. The lowest BCUT2D eigenvalue weighted by atomic mass is 9.97. The Hall–Kier alpha value is -1.98. The molecule has 110 valence electrons. The van der Waals surface area contributed by atoms with E-state index in [4.69, 9.17) is 17.3 Å². The van der Waals surface area contributed by atoms with Crippen molar-refractivity contribution in [3.8, 4) is 0 Å². The number of rotatable bonds is 4. The quantitative estimate of drug-likeness (QED) is 0.536. The molecule has 21 heavy (non-hydrogen) atoms. The minimum atomic E-state index is -0.733. The summed E-state index contributed by atoms with van der Waals surface area (Å²) in [7, 11) is 0. The van der Waals surface area contributed by atoms with Crippen molar-refractivity contribution >= 4 is 17.4 Å². The van der Waals surface area contributed by atoms with Crippen LogP contribution >= 0.6 is 11.6 Å². The molecule has 0 unspecified atom stereocenters. The number of halogens is 2. The van der Waals surface area contributed by atoms with Crippen molar-refractivity contribution in [2.24, 2.45) is 5.73 Å². The van der Waals surface area contributed by atoms with Gasteiger partial charge < -0.3 is 10.9 Å². The van der Waals surface area contributed by atoms with Gasteiger partial charge in [0.25, 0.3) is 0 Å². The maximum absolute atomic E-state index is 14.5. The molecule has 2 rings (SSSR count). The van der Waals surface area contributed by atoms with E-state index in [2.05, 4.69) is 0 Å². The van der Waals surface area contributed by atoms with Crippen molar-refractivity contribution in [1.29, 1.82) is 0 Å². The first-order valence-corrected chi connectivity index (χ1v) is 6.80. The number of nitrogens with two attached hydrogens (primary N) is 1. The molecule has 0 amide bonds. The van der Waals surface area contributed by atoms with Crippen LogP contribution in [-0.2, 0) is 0 Å². The first kappa shape index (κ1) is 15.4. The predicted octanol–water partition coefficient (Wildman–Crippen LogP) is 2.75. The zero-order valence-corrected chi connectivity index (χ0v) is 12.1. The molecule has 0 aliphatic rings. The maximum atomic E-state index is 14.5. The summed E-state index contributed by atoms with van der Waals surface area (Å²) in [5.74, 6) is -1.38. The van der Waals surface area contributed by atoms with Crippen LogP contribution in [0, 0.1) is 11.0 Å². The fraction of sp³-hybridized carbons (Fsp3) is 0.200. The van der Waals surface area contributed by atoms with Crippen molar-refractivity contribution in [2.45, 2.75) is 19.4 Å². The Morgan fingerprint density at radius 3 is 2.81 bits per heavy atom. The van der Waals surface area contributed by atoms with Crippen molar-refractivity contribution < 1.29 is 13.9 Å². The maximum Gasteiger partial charge on any atom is 0.203 e. The highest BCUT2D eigenvalue weighted by Crippen LogP contribution is 2.28. The number of hydrogen-bond acceptors (Lipinski definition) is 3. The number of pyridine rings is 1. The van der Waals surface area contributed by atoms with E-state index in [0.717, 1.165) is 6.20 Å². The molecule has 2 aromatic rings. The number of aromatic nitrogens is 1. The Bertz CT molecular complexity index is 691. The number of hydrogen-bond donors (Lipinski definition) is 1. The van der Waals surface area contributed by atoms with Gasteiger partial charge in [-0.2, -0.15) is 4.73 Å². The van der Waals surface area contributed by atoms with Gasteiger partial charge in [-0.25, -0.2) is 4.39 Å². The lowest BCUT2D eigenvalue weighted by molar-refractivity contribution is -0.605. The third-order valence-electron chi connectivity index (χ3n) is 3.22. The highest BCUT2D eigenvalue weighted by molar-refractivity contribution is 6.35. The average Bonchev–Trinajstić information content (AvgIpc) is 2.46. The second-order valence-electron chi connectivity index (χ2n) is 4.62. The lowest BCUT2D eigenvalue weighted by Gasteiger charge is -2.14. The highest BCUT2D eigenvalue weighted by atomic mass is 35.5. The summed E-state index contributed by atoms with van der Waals surface area (Å²) < 4.78 is 15.0. The van der Waals surface area contributed by atoms with E-state index >= 15 is 0 Å². The van der Waals surface area contributed by atoms with Crippen LogP contribution in [0.5, 0.6) is 0 Å². The molecule has 0 spiro atoms. The third-order valence-corrected chi connectivity index (χ3v) is 3.54. The lowest BCUT2D eigenvalue weighted by Crippen LogP contribution is -2.26. The summed E-state index contributed by atoms with van der Waals surface area (Å²) in [6, 6.07) is 5.24. The smallest absolute Gasteiger partial charge is 0.203 e. The molecule has 1 heterocycles. The summed E-state index contributed by atoms with van der Waals surface area (Å²) in [5.41, 5.74) is 5.87. The van der Waals surface area contributed by atoms with Crippen LogP contribution in [0.1, 0.15) is 40.9 Å². The average molecular weight is 309 g/mol. The summed E-state index contributed by atoms with van der Waals surface area (Å²) in [6.45, 7) is 1.82. The van der Waals surface area contributed by atoms with Crippen LogP contribution in [0.4, 0.5) is 4.39 Å². The molecule has 4 nitrogen and oxygen atoms in total. The van der Waals surface area contributed by atoms with Gasteiger partial charge in [0, 0.05) is 17.7 Å². The van der Waals surface area contributed by atoms with Gasteiger partial charge >= 0.3 is 0 Å². The molecule has 0 saturated heterocycles. The van der Waals surface area contributed by atoms with Gasteiger partial charge in [-0.05, 0) is 18.6 Å². The fourth-order valence-electron chi connectivity index (χ4n) is 2.02. The number of nitrogens with zero attached hydrogens (tertiary/aromatic N) is 1. The summed E-state index contributed by atoms with van der Waals surface area (Å²) >= 11 is 5.95. The van der Waals surface area contributed by atoms with Crippen LogP contribution in [0.15, 0.2) is 36.7 Å². The van der Waals surface area contributed by atoms with Gasteiger partial charge in [0.15, 0.2) is 12.4 Å². The largest absolute Gasteiger partial charge is 0.619 e. The number of carbonyl (C=O) groups excluding carboxylic acids is 1. The van der Waals surface area contributed by atoms with Gasteiger partial charge in [0.2, 0.25) is 5.78 Å². The van der Waals surface area contributed by atoms with Gasteiger partial charge in [0.1, 0.15) is 5.82 Å². The van der Waals surface area contributed by atoms with E-state index in [1.54, 1.807) is 0 Å². The highest BCUT2D eigenvalue weighted by Gasteiger charge is 2.23. The van der Waals surface area contributed by atoms with Gasteiger partial charge in [0.05, 0.1) is 16.1 Å². The van der Waals surface area contributed by atoms with Crippen LogP contribution in [0.2, 0.25) is 5.02 Å². The molecule has 1 atom stereocenters. The molecular formula is C15H14ClFN2O2. The number of carbonyl (C=O) groups is 1. The minimum Gasteiger partial charge on any atom is -0.619 e. The van der Waals surface area contributed by atoms with E-state index in [-0.39, 0.29) is 21.7 Å². The van der Waals surface area contributed by atoms with Gasteiger partial charge in [-0.1, -0.05) is 24.6 Å². The van der Waals surface area contributed by atoms with E-state index in [1.165, 1.54) is 30.5 Å².